The molecule has 1 aromatic carbocycles. The number of aliphatic hydroxyl groups is 1. The number of H-pyrrole nitrogens is 1. The van der Waals surface area contributed by atoms with E-state index in [-0.39, 0.29) is 18.7 Å². The van der Waals surface area contributed by atoms with E-state index in [0.717, 1.165) is 11.9 Å². The van der Waals surface area contributed by atoms with E-state index in [0.29, 0.717) is 6.54 Å². The van der Waals surface area contributed by atoms with Crippen molar-refractivity contribution in [3.05, 3.63) is 35.5 Å². The molecule has 0 aliphatic rings. The number of aryl methyl sites for hydroxylation is 1. The molecular weight excluding hydrogens is 266 g/mol. The minimum atomic E-state index is -0.180. The molecule has 1 heterocycles. The van der Waals surface area contributed by atoms with Gasteiger partial charge in [0.25, 0.3) is 0 Å². The number of benzene rings is 1. The molecule has 1 atom stereocenters. The van der Waals surface area contributed by atoms with Crippen molar-refractivity contribution in [2.24, 2.45) is 0 Å². The molecule has 2 rings (SSSR count). The molecular formula is C16H23N3O2. The Morgan fingerprint density at radius 1 is 1.48 bits per heavy atom. The number of hydrogen-bond acceptors (Lipinski definition) is 2. The third kappa shape index (κ3) is 3.36. The summed E-state index contributed by atoms with van der Waals surface area (Å²) in [6.07, 6.45) is 2.78. The summed E-state index contributed by atoms with van der Waals surface area (Å²) in [5, 5.41) is 13.1. The summed E-state index contributed by atoms with van der Waals surface area (Å²) in [6.45, 7) is 4.42. The topological polar surface area (TPSA) is 68.4 Å². The minimum absolute atomic E-state index is 0.0361. The number of carbonyl (C=O) groups excluding carboxylic acids is 1. The number of para-hydroxylation sites is 1. The lowest BCUT2D eigenvalue weighted by atomic mass is 10.1. The number of amides is 2. The fraction of sp³-hybridized carbons (Fsp3) is 0.438. The predicted molar refractivity (Wildman–Crippen MR) is 84.4 cm³/mol. The first kappa shape index (κ1) is 15.4. The smallest absolute Gasteiger partial charge is 0.317 e. The van der Waals surface area contributed by atoms with Crippen LogP contribution in [-0.2, 0) is 6.42 Å². The van der Waals surface area contributed by atoms with Crippen molar-refractivity contribution in [2.45, 2.75) is 26.3 Å². The summed E-state index contributed by atoms with van der Waals surface area (Å²) in [5.41, 5.74) is 3.58. The Balaban J connectivity index is 1.94. The summed E-state index contributed by atoms with van der Waals surface area (Å²) in [4.78, 5) is 16.7. The second-order valence-electron chi connectivity index (χ2n) is 5.44. The van der Waals surface area contributed by atoms with E-state index in [4.69, 9.17) is 5.11 Å². The highest BCUT2D eigenvalue weighted by Crippen LogP contribution is 2.21. The van der Waals surface area contributed by atoms with E-state index in [9.17, 15) is 4.79 Å². The van der Waals surface area contributed by atoms with E-state index in [1.807, 2.05) is 19.2 Å². The van der Waals surface area contributed by atoms with Crippen LogP contribution in [0.5, 0.6) is 0 Å². The maximum atomic E-state index is 11.9. The van der Waals surface area contributed by atoms with E-state index in [2.05, 4.69) is 29.4 Å². The monoisotopic (exact) mass is 289 g/mol. The Hall–Kier alpha value is -2.01. The summed E-state index contributed by atoms with van der Waals surface area (Å²) in [5.74, 6) is 0. The van der Waals surface area contributed by atoms with Crippen LogP contribution in [0.2, 0.25) is 0 Å². The van der Waals surface area contributed by atoms with Crippen molar-refractivity contribution in [1.29, 1.82) is 0 Å². The first-order valence-electron chi connectivity index (χ1n) is 7.21. The molecule has 0 saturated heterocycles. The average Bonchev–Trinajstić information content (AvgIpc) is 2.90. The Kier molecular flexibility index (Phi) is 4.85. The predicted octanol–water partition coefficient (Wildman–Crippen LogP) is 2.04. The zero-order valence-corrected chi connectivity index (χ0v) is 12.8. The van der Waals surface area contributed by atoms with Crippen molar-refractivity contribution >= 4 is 16.9 Å². The van der Waals surface area contributed by atoms with Crippen molar-refractivity contribution in [3.8, 4) is 0 Å². The van der Waals surface area contributed by atoms with Gasteiger partial charge in [-0.2, -0.15) is 0 Å². The normalized spacial score (nSPS) is 12.4. The van der Waals surface area contributed by atoms with Crippen LogP contribution in [0.3, 0.4) is 0 Å². The Labute approximate surface area is 125 Å². The molecule has 5 heteroatoms. The fourth-order valence-electron chi connectivity index (χ4n) is 2.32. The van der Waals surface area contributed by atoms with Gasteiger partial charge in [-0.05, 0) is 31.4 Å². The van der Waals surface area contributed by atoms with Crippen LogP contribution in [-0.4, -0.2) is 47.3 Å². The van der Waals surface area contributed by atoms with Gasteiger partial charge in [0.2, 0.25) is 0 Å². The molecule has 21 heavy (non-hydrogen) atoms. The number of aromatic amines is 1. The van der Waals surface area contributed by atoms with Gasteiger partial charge >= 0.3 is 6.03 Å². The van der Waals surface area contributed by atoms with Crippen LogP contribution in [0.15, 0.2) is 24.4 Å². The first-order chi connectivity index (χ1) is 10.0. The lowest BCUT2D eigenvalue weighted by Gasteiger charge is -2.23. The van der Waals surface area contributed by atoms with Gasteiger partial charge < -0.3 is 20.3 Å². The van der Waals surface area contributed by atoms with Gasteiger partial charge in [-0.3, -0.25) is 0 Å². The molecule has 2 amide bonds. The summed E-state index contributed by atoms with van der Waals surface area (Å²) < 4.78 is 0. The number of aromatic nitrogens is 1. The highest BCUT2D eigenvalue weighted by molar-refractivity contribution is 5.85. The average molecular weight is 289 g/mol. The zero-order chi connectivity index (χ0) is 15.4. The van der Waals surface area contributed by atoms with Gasteiger partial charge in [0.15, 0.2) is 0 Å². The lowest BCUT2D eigenvalue weighted by Crippen LogP contribution is -2.44. The van der Waals surface area contributed by atoms with Crippen LogP contribution in [0.1, 0.15) is 18.1 Å². The third-order valence-electron chi connectivity index (χ3n) is 3.93. The molecule has 114 valence electrons. The second kappa shape index (κ2) is 6.63. The van der Waals surface area contributed by atoms with Crippen LogP contribution >= 0.6 is 0 Å². The quantitative estimate of drug-likeness (QED) is 0.788. The van der Waals surface area contributed by atoms with Gasteiger partial charge in [-0.1, -0.05) is 18.2 Å². The molecule has 3 N–H and O–H groups in total. The van der Waals surface area contributed by atoms with Crippen molar-refractivity contribution in [2.75, 3.05) is 20.2 Å². The Morgan fingerprint density at radius 2 is 2.24 bits per heavy atom. The second-order valence-corrected chi connectivity index (χ2v) is 5.44. The first-order valence-corrected chi connectivity index (χ1v) is 7.21. The maximum absolute atomic E-state index is 11.9. The van der Waals surface area contributed by atoms with Gasteiger partial charge in [0.1, 0.15) is 0 Å². The minimum Gasteiger partial charge on any atom is -0.394 e. The SMILES string of the molecule is Cc1cccc2c(CCNC(=O)N(C)C(C)CO)c[nH]c12. The van der Waals surface area contributed by atoms with E-state index in [1.54, 1.807) is 7.05 Å². The largest absolute Gasteiger partial charge is 0.394 e. The number of urea groups is 1. The van der Waals surface area contributed by atoms with E-state index < -0.39 is 0 Å². The Bertz CT molecular complexity index is 621. The number of nitrogens with one attached hydrogen (secondary N) is 2. The number of likely N-dealkylation sites (N-methyl/N-ethyl adjacent to an activating group) is 1. The van der Waals surface area contributed by atoms with Gasteiger partial charge in [-0.15, -0.1) is 0 Å². The number of aliphatic hydroxyl groups excluding tert-OH is 1. The molecule has 0 spiro atoms. The molecule has 1 aromatic heterocycles. The van der Waals surface area contributed by atoms with Crippen LogP contribution in [0, 0.1) is 6.92 Å². The molecule has 0 fully saturated rings. The number of carbonyl (C=O) groups is 1. The number of hydrogen-bond donors (Lipinski definition) is 3. The van der Waals surface area contributed by atoms with E-state index in [1.165, 1.54) is 21.4 Å². The standard InChI is InChI=1S/C16H23N3O2/c1-11-5-4-6-14-13(9-18-15(11)14)7-8-17-16(21)19(3)12(2)10-20/h4-6,9,12,18,20H,7-8,10H2,1-3H3,(H,17,21). The molecule has 5 nitrogen and oxygen atoms in total. The van der Waals surface area contributed by atoms with Crippen molar-refractivity contribution < 1.29 is 9.90 Å². The van der Waals surface area contributed by atoms with E-state index >= 15 is 0 Å². The highest BCUT2D eigenvalue weighted by atomic mass is 16.3. The summed E-state index contributed by atoms with van der Waals surface area (Å²) in [7, 11) is 1.69. The lowest BCUT2D eigenvalue weighted by molar-refractivity contribution is 0.157. The molecule has 0 saturated carbocycles. The highest BCUT2D eigenvalue weighted by Gasteiger charge is 2.14. The van der Waals surface area contributed by atoms with Crippen LogP contribution < -0.4 is 5.32 Å². The van der Waals surface area contributed by atoms with Crippen molar-refractivity contribution in [3.63, 3.8) is 0 Å². The van der Waals surface area contributed by atoms with Crippen molar-refractivity contribution in [1.82, 2.24) is 15.2 Å². The van der Waals surface area contributed by atoms with Gasteiger partial charge in [0.05, 0.1) is 12.6 Å². The molecule has 0 radical (unpaired) electrons. The molecule has 2 aromatic rings. The summed E-state index contributed by atoms with van der Waals surface area (Å²) in [6, 6.07) is 5.88. The molecule has 0 bridgehead atoms. The summed E-state index contributed by atoms with van der Waals surface area (Å²) >= 11 is 0. The number of rotatable bonds is 5. The molecule has 0 aliphatic heterocycles. The zero-order valence-electron chi connectivity index (χ0n) is 12.8. The maximum Gasteiger partial charge on any atom is 0.317 e. The third-order valence-corrected chi connectivity index (χ3v) is 3.93. The van der Waals surface area contributed by atoms with Crippen LogP contribution in [0.25, 0.3) is 10.9 Å². The molecule has 1 unspecified atom stereocenters. The fourth-order valence-corrected chi connectivity index (χ4v) is 2.32. The van der Waals surface area contributed by atoms with Crippen LogP contribution in [0.4, 0.5) is 4.79 Å². The Morgan fingerprint density at radius 3 is 2.95 bits per heavy atom. The van der Waals surface area contributed by atoms with Gasteiger partial charge in [0, 0.05) is 30.7 Å². The number of fused-ring (bicyclic) bond motifs is 1. The number of nitrogens with zero attached hydrogens (tertiary/aromatic N) is 1. The van der Waals surface area contributed by atoms with Gasteiger partial charge in [-0.25, -0.2) is 4.79 Å². The molecule has 0 aliphatic carbocycles.